The van der Waals surface area contributed by atoms with Gasteiger partial charge in [0.25, 0.3) is 0 Å². The molecule has 1 aliphatic heterocycles. The number of amides is 1. The molecule has 1 aromatic rings. The lowest BCUT2D eigenvalue weighted by Crippen LogP contribution is -2.24. The zero-order valence-corrected chi connectivity index (χ0v) is 9.93. The van der Waals surface area contributed by atoms with Crippen LogP contribution in [0, 0.1) is 0 Å². The van der Waals surface area contributed by atoms with Crippen molar-refractivity contribution in [1.82, 2.24) is 4.90 Å². The number of hydrogen-bond acceptors (Lipinski definition) is 2. The molecule has 0 radical (unpaired) electrons. The van der Waals surface area contributed by atoms with Crippen molar-refractivity contribution in [3.8, 4) is 0 Å². The van der Waals surface area contributed by atoms with Crippen molar-refractivity contribution in [3.05, 3.63) is 42.6 Å². The van der Waals surface area contributed by atoms with Gasteiger partial charge in [0, 0.05) is 31.1 Å². The number of nitrogens with zero attached hydrogens (tertiary/aromatic N) is 1. The fourth-order valence-corrected chi connectivity index (χ4v) is 1.95. The molecule has 0 unspecified atom stereocenters. The van der Waals surface area contributed by atoms with Crippen LogP contribution in [0.4, 0.5) is 5.69 Å². The molecule has 1 aliphatic rings. The van der Waals surface area contributed by atoms with Gasteiger partial charge in [0.1, 0.15) is 0 Å². The van der Waals surface area contributed by atoms with Gasteiger partial charge in [-0.25, -0.2) is 0 Å². The van der Waals surface area contributed by atoms with E-state index in [9.17, 15) is 4.79 Å². The quantitative estimate of drug-likeness (QED) is 0.810. The predicted octanol–water partition coefficient (Wildman–Crippen LogP) is 2.62. The van der Waals surface area contributed by atoms with Crippen molar-refractivity contribution in [2.45, 2.75) is 19.3 Å². The van der Waals surface area contributed by atoms with Crippen LogP contribution in [-0.2, 0) is 4.79 Å². The SMILES string of the molecule is O=C(/C=C/N1CCCCC1)Nc1ccccc1. The molecule has 1 heterocycles. The maximum Gasteiger partial charge on any atom is 0.249 e. The first-order valence-electron chi connectivity index (χ1n) is 6.13. The topological polar surface area (TPSA) is 32.3 Å². The smallest absolute Gasteiger partial charge is 0.249 e. The van der Waals surface area contributed by atoms with Gasteiger partial charge in [0.15, 0.2) is 0 Å². The Morgan fingerprint density at radius 3 is 2.53 bits per heavy atom. The van der Waals surface area contributed by atoms with Crippen LogP contribution in [-0.4, -0.2) is 23.9 Å². The van der Waals surface area contributed by atoms with Crippen molar-refractivity contribution < 1.29 is 4.79 Å². The van der Waals surface area contributed by atoms with Gasteiger partial charge in [-0.1, -0.05) is 18.2 Å². The van der Waals surface area contributed by atoms with Crippen LogP contribution in [0.3, 0.4) is 0 Å². The molecule has 1 N–H and O–H groups in total. The maximum atomic E-state index is 11.6. The highest BCUT2D eigenvalue weighted by atomic mass is 16.1. The molecule has 0 aromatic heterocycles. The molecule has 0 aliphatic carbocycles. The number of carbonyl (C=O) groups excluding carboxylic acids is 1. The molecular weight excluding hydrogens is 212 g/mol. The summed E-state index contributed by atoms with van der Waals surface area (Å²) >= 11 is 0. The lowest BCUT2D eigenvalue weighted by Gasteiger charge is -2.24. The van der Waals surface area contributed by atoms with E-state index in [1.165, 1.54) is 19.3 Å². The van der Waals surface area contributed by atoms with Gasteiger partial charge in [-0.15, -0.1) is 0 Å². The number of rotatable bonds is 3. The lowest BCUT2D eigenvalue weighted by molar-refractivity contribution is -0.112. The summed E-state index contributed by atoms with van der Waals surface area (Å²) in [7, 11) is 0. The number of para-hydroxylation sites is 1. The lowest BCUT2D eigenvalue weighted by atomic mass is 10.1. The van der Waals surface area contributed by atoms with Gasteiger partial charge in [-0.3, -0.25) is 4.79 Å². The molecule has 90 valence electrons. The van der Waals surface area contributed by atoms with Crippen LogP contribution in [0.5, 0.6) is 0 Å². The molecule has 1 aromatic carbocycles. The van der Waals surface area contributed by atoms with Gasteiger partial charge >= 0.3 is 0 Å². The largest absolute Gasteiger partial charge is 0.377 e. The number of piperidine rings is 1. The minimum absolute atomic E-state index is 0.0678. The number of hydrogen-bond donors (Lipinski definition) is 1. The second kappa shape index (κ2) is 6.09. The summed E-state index contributed by atoms with van der Waals surface area (Å²) in [6.45, 7) is 2.13. The number of benzene rings is 1. The van der Waals surface area contributed by atoms with Gasteiger partial charge in [0.05, 0.1) is 0 Å². The standard InChI is InChI=1S/C14H18N2O/c17-14(15-13-7-3-1-4-8-13)9-12-16-10-5-2-6-11-16/h1,3-4,7-9,12H,2,5-6,10-11H2,(H,15,17)/b12-9+. The van der Waals surface area contributed by atoms with Crippen LogP contribution < -0.4 is 5.32 Å². The monoisotopic (exact) mass is 230 g/mol. The molecule has 1 saturated heterocycles. The number of anilines is 1. The summed E-state index contributed by atoms with van der Waals surface area (Å²) in [6, 6.07) is 9.51. The molecule has 1 amide bonds. The third-order valence-electron chi connectivity index (χ3n) is 2.87. The van der Waals surface area contributed by atoms with E-state index in [1.807, 2.05) is 36.5 Å². The minimum atomic E-state index is -0.0678. The summed E-state index contributed by atoms with van der Waals surface area (Å²) in [5.74, 6) is -0.0678. The summed E-state index contributed by atoms with van der Waals surface area (Å²) < 4.78 is 0. The van der Waals surface area contributed by atoms with E-state index in [1.54, 1.807) is 6.08 Å². The predicted molar refractivity (Wildman–Crippen MR) is 69.6 cm³/mol. The molecule has 0 bridgehead atoms. The van der Waals surface area contributed by atoms with E-state index < -0.39 is 0 Å². The van der Waals surface area contributed by atoms with Gasteiger partial charge in [0.2, 0.25) is 5.91 Å². The van der Waals surface area contributed by atoms with E-state index in [4.69, 9.17) is 0 Å². The van der Waals surface area contributed by atoms with Crippen LogP contribution >= 0.6 is 0 Å². The second-order valence-corrected chi connectivity index (χ2v) is 4.27. The van der Waals surface area contributed by atoms with Crippen molar-refractivity contribution in [2.75, 3.05) is 18.4 Å². The third kappa shape index (κ3) is 3.94. The summed E-state index contributed by atoms with van der Waals surface area (Å²) in [5, 5.41) is 2.83. The maximum absolute atomic E-state index is 11.6. The van der Waals surface area contributed by atoms with Crippen LogP contribution in [0.1, 0.15) is 19.3 Å². The summed E-state index contributed by atoms with van der Waals surface area (Å²) in [6.07, 6.45) is 7.27. The molecule has 0 atom stereocenters. The minimum Gasteiger partial charge on any atom is -0.377 e. The first-order valence-corrected chi connectivity index (χ1v) is 6.13. The van der Waals surface area contributed by atoms with E-state index >= 15 is 0 Å². The zero-order valence-electron chi connectivity index (χ0n) is 9.93. The Kier molecular flexibility index (Phi) is 4.19. The molecule has 0 spiro atoms. The van der Waals surface area contributed by atoms with E-state index in [2.05, 4.69) is 10.2 Å². The Bertz CT molecular complexity index is 380. The average Bonchev–Trinajstić information content (AvgIpc) is 2.39. The van der Waals surface area contributed by atoms with Crippen molar-refractivity contribution in [1.29, 1.82) is 0 Å². The Labute approximate surface area is 102 Å². The average molecular weight is 230 g/mol. The Morgan fingerprint density at radius 2 is 1.82 bits per heavy atom. The first-order chi connectivity index (χ1) is 8.34. The Hall–Kier alpha value is -1.77. The Balaban J connectivity index is 1.82. The normalized spacial score (nSPS) is 16.1. The van der Waals surface area contributed by atoms with Crippen molar-refractivity contribution in [2.24, 2.45) is 0 Å². The molecule has 3 nitrogen and oxygen atoms in total. The summed E-state index contributed by atoms with van der Waals surface area (Å²) in [4.78, 5) is 13.8. The molecular formula is C14H18N2O. The zero-order chi connectivity index (χ0) is 11.9. The first kappa shape index (κ1) is 11.7. The molecule has 2 rings (SSSR count). The van der Waals surface area contributed by atoms with E-state index in [0.29, 0.717) is 0 Å². The highest BCUT2D eigenvalue weighted by Gasteiger charge is 2.05. The highest BCUT2D eigenvalue weighted by molar-refractivity contribution is 5.99. The van der Waals surface area contributed by atoms with Crippen molar-refractivity contribution in [3.63, 3.8) is 0 Å². The highest BCUT2D eigenvalue weighted by Crippen LogP contribution is 2.09. The number of carbonyl (C=O) groups is 1. The fourth-order valence-electron chi connectivity index (χ4n) is 1.95. The fraction of sp³-hybridized carbons (Fsp3) is 0.357. The number of likely N-dealkylation sites (tertiary alicyclic amines) is 1. The number of nitrogens with one attached hydrogen (secondary N) is 1. The van der Waals surface area contributed by atoms with Crippen LogP contribution in [0.15, 0.2) is 42.6 Å². The molecule has 3 heteroatoms. The molecule has 1 fully saturated rings. The van der Waals surface area contributed by atoms with Gasteiger partial charge in [-0.05, 0) is 31.4 Å². The third-order valence-corrected chi connectivity index (χ3v) is 2.87. The molecule has 17 heavy (non-hydrogen) atoms. The van der Waals surface area contributed by atoms with Gasteiger partial charge in [-0.2, -0.15) is 0 Å². The van der Waals surface area contributed by atoms with Crippen LogP contribution in [0.2, 0.25) is 0 Å². The van der Waals surface area contributed by atoms with E-state index in [-0.39, 0.29) is 5.91 Å². The van der Waals surface area contributed by atoms with Gasteiger partial charge < -0.3 is 10.2 Å². The van der Waals surface area contributed by atoms with E-state index in [0.717, 1.165) is 18.8 Å². The second-order valence-electron chi connectivity index (χ2n) is 4.27. The molecule has 0 saturated carbocycles. The van der Waals surface area contributed by atoms with Crippen molar-refractivity contribution >= 4 is 11.6 Å². The van der Waals surface area contributed by atoms with Crippen LogP contribution in [0.25, 0.3) is 0 Å². The Morgan fingerprint density at radius 1 is 1.12 bits per heavy atom. The summed E-state index contributed by atoms with van der Waals surface area (Å²) in [5.41, 5.74) is 0.834.